The van der Waals surface area contributed by atoms with E-state index < -0.39 is 36.0 Å². The van der Waals surface area contributed by atoms with Crippen molar-refractivity contribution in [3.05, 3.63) is 23.2 Å². The third kappa shape index (κ3) is 5.63. The zero-order valence-corrected chi connectivity index (χ0v) is 19.3. The summed E-state index contributed by atoms with van der Waals surface area (Å²) < 4.78 is 23.9. The summed E-state index contributed by atoms with van der Waals surface area (Å²) in [6, 6.07) is 0. The number of methoxy groups -OCH3 is 1. The Hall–Kier alpha value is -2.33. The van der Waals surface area contributed by atoms with E-state index in [1.807, 2.05) is 27.7 Å². The lowest BCUT2D eigenvalue weighted by molar-refractivity contribution is 0.00578. The number of hydrogen-bond acceptors (Lipinski definition) is 7. The highest BCUT2D eigenvalue weighted by molar-refractivity contribution is 6.56. The van der Waals surface area contributed by atoms with Gasteiger partial charge in [0.1, 0.15) is 5.60 Å². The number of imidazole rings is 1. The highest BCUT2D eigenvalue weighted by Crippen LogP contribution is 2.38. The molecule has 10 heteroatoms. The molecular formula is C20H32BN3O6. The molecule has 2 heterocycles. The van der Waals surface area contributed by atoms with Gasteiger partial charge in [0.2, 0.25) is 5.82 Å². The summed E-state index contributed by atoms with van der Waals surface area (Å²) in [7, 11) is 2.30. The van der Waals surface area contributed by atoms with Crippen LogP contribution in [0.1, 0.15) is 64.8 Å². The molecule has 1 aromatic rings. The molecule has 1 aromatic heterocycles. The SMILES string of the molecule is COC(=O)c1nc(C=C(CNC(=O)OC(C)(C)C)B2OC(C)(C)C(C)(C)O2)cn1C. The first-order valence-corrected chi connectivity index (χ1v) is 9.80. The fourth-order valence-electron chi connectivity index (χ4n) is 2.72. The van der Waals surface area contributed by atoms with Crippen LogP contribution in [-0.4, -0.2) is 59.2 Å². The van der Waals surface area contributed by atoms with Gasteiger partial charge < -0.3 is 28.7 Å². The first kappa shape index (κ1) is 23.9. The van der Waals surface area contributed by atoms with Crippen molar-refractivity contribution in [1.82, 2.24) is 14.9 Å². The fraction of sp³-hybridized carbons (Fsp3) is 0.650. The lowest BCUT2D eigenvalue weighted by Gasteiger charge is -2.32. The Bertz CT molecular complexity index is 822. The highest BCUT2D eigenvalue weighted by Gasteiger charge is 2.52. The maximum atomic E-state index is 12.1. The number of carbonyl (C=O) groups excluding carboxylic acids is 2. The molecule has 0 saturated carbocycles. The van der Waals surface area contributed by atoms with Crippen molar-refractivity contribution < 1.29 is 28.4 Å². The molecule has 0 aliphatic carbocycles. The predicted octanol–water partition coefficient (Wildman–Crippen LogP) is 2.75. The second kappa shape index (κ2) is 8.43. The molecule has 30 heavy (non-hydrogen) atoms. The molecule has 0 aromatic carbocycles. The highest BCUT2D eigenvalue weighted by atomic mass is 16.7. The van der Waals surface area contributed by atoms with Gasteiger partial charge in [-0.05, 0) is 60.0 Å². The van der Waals surface area contributed by atoms with Crippen LogP contribution in [0.4, 0.5) is 4.79 Å². The van der Waals surface area contributed by atoms with E-state index in [0.29, 0.717) is 11.2 Å². The quantitative estimate of drug-likeness (QED) is 0.576. The third-order valence-corrected chi connectivity index (χ3v) is 4.99. The third-order valence-electron chi connectivity index (χ3n) is 4.99. The van der Waals surface area contributed by atoms with Gasteiger partial charge in [-0.2, -0.15) is 0 Å². The zero-order valence-electron chi connectivity index (χ0n) is 19.3. The van der Waals surface area contributed by atoms with E-state index in [9.17, 15) is 9.59 Å². The number of nitrogens with zero attached hydrogens (tertiary/aromatic N) is 2. The van der Waals surface area contributed by atoms with Gasteiger partial charge in [-0.3, -0.25) is 0 Å². The lowest BCUT2D eigenvalue weighted by Crippen LogP contribution is -2.41. The van der Waals surface area contributed by atoms with E-state index in [2.05, 4.69) is 10.3 Å². The van der Waals surface area contributed by atoms with Crippen LogP contribution >= 0.6 is 0 Å². The summed E-state index contributed by atoms with van der Waals surface area (Å²) >= 11 is 0. The average Bonchev–Trinajstić information content (AvgIpc) is 3.05. The molecule has 0 unspecified atom stereocenters. The van der Waals surface area contributed by atoms with E-state index in [1.54, 1.807) is 44.7 Å². The summed E-state index contributed by atoms with van der Waals surface area (Å²) in [6.45, 7) is 13.3. The summed E-state index contributed by atoms with van der Waals surface area (Å²) in [6.07, 6.45) is 2.86. The van der Waals surface area contributed by atoms with Crippen LogP contribution in [0.25, 0.3) is 6.08 Å². The summed E-state index contributed by atoms with van der Waals surface area (Å²) in [5.74, 6) is -0.377. The van der Waals surface area contributed by atoms with Crippen molar-refractivity contribution in [3.63, 3.8) is 0 Å². The van der Waals surface area contributed by atoms with E-state index >= 15 is 0 Å². The van der Waals surface area contributed by atoms with Gasteiger partial charge in [-0.25, -0.2) is 14.6 Å². The van der Waals surface area contributed by atoms with Crippen LogP contribution in [0.2, 0.25) is 0 Å². The monoisotopic (exact) mass is 421 g/mol. The topological polar surface area (TPSA) is 101 Å². The number of alkyl carbamates (subject to hydrolysis) is 1. The van der Waals surface area contributed by atoms with Gasteiger partial charge in [-0.15, -0.1) is 0 Å². The Labute approximate surface area is 178 Å². The van der Waals surface area contributed by atoms with Gasteiger partial charge in [-0.1, -0.05) is 0 Å². The molecule has 1 amide bonds. The molecule has 166 valence electrons. The van der Waals surface area contributed by atoms with Crippen molar-refractivity contribution in [2.24, 2.45) is 7.05 Å². The molecule has 1 fully saturated rings. The normalized spacial score (nSPS) is 18.3. The largest absolute Gasteiger partial charge is 0.492 e. The average molecular weight is 421 g/mol. The first-order valence-electron chi connectivity index (χ1n) is 9.80. The number of carbonyl (C=O) groups is 2. The molecule has 9 nitrogen and oxygen atoms in total. The Morgan fingerprint density at radius 3 is 2.30 bits per heavy atom. The minimum atomic E-state index is -0.700. The smallest absolute Gasteiger partial charge is 0.463 e. The number of hydrogen-bond donors (Lipinski definition) is 1. The van der Waals surface area contributed by atoms with Crippen molar-refractivity contribution in [2.45, 2.75) is 65.3 Å². The number of amides is 1. The Kier molecular flexibility index (Phi) is 6.73. The maximum Gasteiger partial charge on any atom is 0.492 e. The number of rotatable bonds is 5. The predicted molar refractivity (Wildman–Crippen MR) is 113 cm³/mol. The maximum absolute atomic E-state index is 12.1. The molecular weight excluding hydrogens is 389 g/mol. The molecule has 0 atom stereocenters. The minimum Gasteiger partial charge on any atom is -0.463 e. The molecule has 0 radical (unpaired) electrons. The molecule has 1 aliphatic heterocycles. The number of ether oxygens (including phenoxy) is 2. The Balaban J connectivity index is 2.31. The van der Waals surface area contributed by atoms with E-state index in [1.165, 1.54) is 7.11 Å². The van der Waals surface area contributed by atoms with E-state index in [-0.39, 0.29) is 12.4 Å². The second-order valence-corrected chi connectivity index (χ2v) is 9.25. The van der Waals surface area contributed by atoms with Crippen LogP contribution in [0.15, 0.2) is 11.7 Å². The Morgan fingerprint density at radius 1 is 1.23 bits per heavy atom. The number of esters is 1. The number of aryl methyl sites for hydroxylation is 1. The summed E-state index contributed by atoms with van der Waals surface area (Å²) in [5, 5.41) is 2.73. The van der Waals surface area contributed by atoms with Crippen molar-refractivity contribution >= 4 is 25.3 Å². The minimum absolute atomic E-state index is 0.121. The van der Waals surface area contributed by atoms with Crippen molar-refractivity contribution in [2.75, 3.05) is 13.7 Å². The number of nitrogens with one attached hydrogen (secondary N) is 1. The van der Waals surface area contributed by atoms with Gasteiger partial charge in [0, 0.05) is 19.8 Å². The van der Waals surface area contributed by atoms with Crippen LogP contribution < -0.4 is 5.32 Å². The van der Waals surface area contributed by atoms with Gasteiger partial charge in [0.25, 0.3) is 0 Å². The molecule has 0 spiro atoms. The number of aromatic nitrogens is 2. The van der Waals surface area contributed by atoms with E-state index in [0.717, 1.165) is 0 Å². The van der Waals surface area contributed by atoms with Gasteiger partial charge in [0.15, 0.2) is 0 Å². The fourth-order valence-corrected chi connectivity index (χ4v) is 2.72. The molecule has 2 rings (SSSR count). The van der Waals surface area contributed by atoms with Crippen LogP contribution in [-0.2, 0) is 25.8 Å². The van der Waals surface area contributed by atoms with Crippen LogP contribution in [0.5, 0.6) is 0 Å². The van der Waals surface area contributed by atoms with Crippen molar-refractivity contribution in [1.29, 1.82) is 0 Å². The summed E-state index contributed by atoms with van der Waals surface area (Å²) in [4.78, 5) is 28.3. The van der Waals surface area contributed by atoms with Crippen LogP contribution in [0.3, 0.4) is 0 Å². The van der Waals surface area contributed by atoms with Crippen LogP contribution in [0, 0.1) is 0 Å². The lowest BCUT2D eigenvalue weighted by atomic mass is 9.77. The first-order chi connectivity index (χ1) is 13.6. The standard InChI is InChI=1S/C20H32BN3O6/c1-18(2,3)28-17(26)22-11-13(21-29-19(4,5)20(6,7)30-21)10-14-12-24(8)15(23-14)16(25)27-9/h10,12H,11H2,1-9H3,(H,22,26). The second-order valence-electron chi connectivity index (χ2n) is 9.25. The molecule has 1 N–H and O–H groups in total. The van der Waals surface area contributed by atoms with Gasteiger partial charge in [0.05, 0.1) is 24.0 Å². The zero-order chi connectivity index (χ0) is 22.9. The van der Waals surface area contributed by atoms with E-state index in [4.69, 9.17) is 18.8 Å². The molecule has 0 bridgehead atoms. The molecule has 1 saturated heterocycles. The summed E-state index contributed by atoms with van der Waals surface area (Å²) in [5.41, 5.74) is -0.578. The van der Waals surface area contributed by atoms with Gasteiger partial charge >= 0.3 is 19.2 Å². The Morgan fingerprint density at radius 2 is 1.80 bits per heavy atom. The van der Waals surface area contributed by atoms with Crippen molar-refractivity contribution in [3.8, 4) is 0 Å². The molecule has 1 aliphatic rings.